The lowest BCUT2D eigenvalue weighted by molar-refractivity contribution is 0.263. The van der Waals surface area contributed by atoms with Crippen LogP contribution in [-0.4, -0.2) is 11.5 Å². The van der Waals surface area contributed by atoms with Crippen molar-refractivity contribution in [2.75, 3.05) is 0 Å². The van der Waals surface area contributed by atoms with Crippen LogP contribution in [-0.2, 0) is 16.1 Å². The molecular formula is C11H8NO2. The second-order valence-corrected chi connectivity index (χ2v) is 2.87. The highest BCUT2D eigenvalue weighted by Crippen LogP contribution is 2.11. The first-order valence-electron chi connectivity index (χ1n) is 4.24. The van der Waals surface area contributed by atoms with Crippen LogP contribution in [0.1, 0.15) is 5.69 Å². The van der Waals surface area contributed by atoms with E-state index in [1.54, 1.807) is 0 Å². The average Bonchev–Trinajstić information content (AvgIpc) is 2.26. The second-order valence-electron chi connectivity index (χ2n) is 2.87. The number of ether oxygens (including phenoxy) is 1. The van der Waals surface area contributed by atoms with Crippen LogP contribution < -0.4 is 0 Å². The van der Waals surface area contributed by atoms with Gasteiger partial charge in [0, 0.05) is 5.39 Å². The quantitative estimate of drug-likeness (QED) is 0.733. The third-order valence-corrected chi connectivity index (χ3v) is 1.94. The number of para-hydroxylation sites is 1. The summed E-state index contributed by atoms with van der Waals surface area (Å²) in [6, 6.07) is 11.6. The van der Waals surface area contributed by atoms with E-state index in [4.69, 9.17) is 0 Å². The predicted molar refractivity (Wildman–Crippen MR) is 52.2 cm³/mol. The Morgan fingerprint density at radius 3 is 2.93 bits per heavy atom. The van der Waals surface area contributed by atoms with Gasteiger partial charge >= 0.3 is 6.47 Å². The maximum Gasteiger partial charge on any atom is 0.417 e. The fourth-order valence-corrected chi connectivity index (χ4v) is 1.29. The predicted octanol–water partition coefficient (Wildman–Crippen LogP) is 1.82. The van der Waals surface area contributed by atoms with Gasteiger partial charge < -0.3 is 4.74 Å². The molecule has 3 nitrogen and oxygen atoms in total. The van der Waals surface area contributed by atoms with Crippen LogP contribution in [0.2, 0.25) is 0 Å². The normalized spacial score (nSPS) is 10.0. The molecule has 1 aromatic heterocycles. The molecule has 0 aliphatic rings. The number of rotatable bonds is 3. The Labute approximate surface area is 81.3 Å². The molecule has 2 aromatic rings. The van der Waals surface area contributed by atoms with Gasteiger partial charge in [-0.05, 0) is 12.1 Å². The highest BCUT2D eigenvalue weighted by atomic mass is 16.5. The van der Waals surface area contributed by atoms with Crippen molar-refractivity contribution in [2.45, 2.75) is 6.61 Å². The zero-order valence-electron chi connectivity index (χ0n) is 7.43. The minimum atomic E-state index is 0.175. The van der Waals surface area contributed by atoms with Gasteiger partial charge in [0.15, 0.2) is 0 Å². The summed E-state index contributed by atoms with van der Waals surface area (Å²) in [4.78, 5) is 14.2. The number of benzene rings is 1. The first kappa shape index (κ1) is 8.69. The lowest BCUT2D eigenvalue weighted by Crippen LogP contribution is -1.93. The van der Waals surface area contributed by atoms with Crippen LogP contribution >= 0.6 is 0 Å². The van der Waals surface area contributed by atoms with Crippen LogP contribution in [0.5, 0.6) is 0 Å². The largest absolute Gasteiger partial charge is 0.451 e. The topological polar surface area (TPSA) is 39.2 Å². The Morgan fingerprint density at radius 2 is 2.07 bits per heavy atom. The van der Waals surface area contributed by atoms with Crippen molar-refractivity contribution in [3.8, 4) is 0 Å². The van der Waals surface area contributed by atoms with Crippen LogP contribution in [0, 0.1) is 0 Å². The molecule has 0 spiro atoms. The molecule has 0 bridgehead atoms. The Bertz CT molecular complexity index is 454. The van der Waals surface area contributed by atoms with Crippen molar-refractivity contribution in [2.24, 2.45) is 0 Å². The maximum atomic E-state index is 9.87. The first-order valence-corrected chi connectivity index (χ1v) is 4.24. The zero-order chi connectivity index (χ0) is 9.80. The van der Waals surface area contributed by atoms with Crippen LogP contribution in [0.15, 0.2) is 36.4 Å². The van der Waals surface area contributed by atoms with Crippen LogP contribution in [0.25, 0.3) is 10.9 Å². The molecule has 0 fully saturated rings. The summed E-state index contributed by atoms with van der Waals surface area (Å²) in [6.07, 6.45) is 0. The van der Waals surface area contributed by atoms with Gasteiger partial charge in [-0.25, -0.2) is 9.78 Å². The molecule has 0 aliphatic heterocycles. The lowest BCUT2D eigenvalue weighted by Gasteiger charge is -2.00. The van der Waals surface area contributed by atoms with E-state index in [0.29, 0.717) is 0 Å². The average molecular weight is 186 g/mol. The minimum Gasteiger partial charge on any atom is -0.451 e. The summed E-state index contributed by atoms with van der Waals surface area (Å²) in [7, 11) is 0. The standard InChI is InChI=1S/C11H8NO2/c13-8-14-7-10-6-5-9-3-1-2-4-11(9)12-10/h1-6H,7H2. The van der Waals surface area contributed by atoms with Gasteiger partial charge in [-0.2, -0.15) is 0 Å². The Kier molecular flexibility index (Phi) is 2.40. The van der Waals surface area contributed by atoms with Gasteiger partial charge in [-0.3, -0.25) is 0 Å². The molecule has 14 heavy (non-hydrogen) atoms. The second kappa shape index (κ2) is 3.87. The van der Waals surface area contributed by atoms with E-state index in [1.165, 1.54) is 6.47 Å². The summed E-state index contributed by atoms with van der Waals surface area (Å²) in [5.41, 5.74) is 1.63. The van der Waals surface area contributed by atoms with E-state index in [9.17, 15) is 4.79 Å². The number of fused-ring (bicyclic) bond motifs is 1. The van der Waals surface area contributed by atoms with Crippen molar-refractivity contribution < 1.29 is 9.53 Å². The molecule has 0 unspecified atom stereocenters. The Morgan fingerprint density at radius 1 is 1.21 bits per heavy atom. The van der Waals surface area contributed by atoms with E-state index in [2.05, 4.69) is 9.72 Å². The minimum absolute atomic E-state index is 0.175. The Hall–Kier alpha value is -1.90. The van der Waals surface area contributed by atoms with Gasteiger partial charge in [0.25, 0.3) is 0 Å². The Balaban J connectivity index is 2.36. The summed E-state index contributed by atoms with van der Waals surface area (Å²) >= 11 is 0. The maximum absolute atomic E-state index is 9.87. The third-order valence-electron chi connectivity index (χ3n) is 1.94. The fraction of sp³-hybridized carbons (Fsp3) is 0.0909. The number of carbonyl (C=O) groups excluding carboxylic acids is 1. The molecule has 1 heterocycles. The summed E-state index contributed by atoms with van der Waals surface area (Å²) in [5.74, 6) is 0. The van der Waals surface area contributed by atoms with Crippen molar-refractivity contribution in [1.29, 1.82) is 0 Å². The van der Waals surface area contributed by atoms with Gasteiger partial charge in [0.1, 0.15) is 6.61 Å². The monoisotopic (exact) mass is 186 g/mol. The molecule has 1 aromatic carbocycles. The highest BCUT2D eigenvalue weighted by Gasteiger charge is 1.97. The van der Waals surface area contributed by atoms with Crippen LogP contribution in [0.3, 0.4) is 0 Å². The molecule has 0 N–H and O–H groups in total. The van der Waals surface area contributed by atoms with E-state index >= 15 is 0 Å². The molecule has 69 valence electrons. The molecule has 0 saturated heterocycles. The number of aromatic nitrogens is 1. The fourth-order valence-electron chi connectivity index (χ4n) is 1.29. The van der Waals surface area contributed by atoms with Crippen molar-refractivity contribution in [1.82, 2.24) is 4.98 Å². The molecule has 1 radical (unpaired) electrons. The molecular weight excluding hydrogens is 178 g/mol. The van der Waals surface area contributed by atoms with Crippen molar-refractivity contribution in [3.63, 3.8) is 0 Å². The SMILES string of the molecule is O=[C]OCc1ccc2ccccc2n1. The van der Waals surface area contributed by atoms with Gasteiger partial charge in [0.05, 0.1) is 11.2 Å². The molecule has 0 saturated carbocycles. The van der Waals surface area contributed by atoms with E-state index in [-0.39, 0.29) is 6.61 Å². The van der Waals surface area contributed by atoms with Gasteiger partial charge in [-0.1, -0.05) is 24.3 Å². The smallest absolute Gasteiger partial charge is 0.417 e. The first-order chi connectivity index (χ1) is 6.90. The molecule has 0 amide bonds. The number of nitrogens with zero attached hydrogens (tertiary/aromatic N) is 1. The summed E-state index contributed by atoms with van der Waals surface area (Å²) < 4.78 is 4.50. The zero-order valence-corrected chi connectivity index (χ0v) is 7.43. The molecule has 0 aliphatic carbocycles. The number of hydrogen-bond donors (Lipinski definition) is 0. The number of hydrogen-bond acceptors (Lipinski definition) is 3. The van der Waals surface area contributed by atoms with Gasteiger partial charge in [-0.15, -0.1) is 0 Å². The third kappa shape index (κ3) is 1.71. The van der Waals surface area contributed by atoms with E-state index in [1.807, 2.05) is 36.4 Å². The molecule has 3 heteroatoms. The van der Waals surface area contributed by atoms with Crippen molar-refractivity contribution >= 4 is 17.4 Å². The van der Waals surface area contributed by atoms with E-state index in [0.717, 1.165) is 16.6 Å². The molecule has 2 rings (SSSR count). The van der Waals surface area contributed by atoms with Gasteiger partial charge in [0.2, 0.25) is 0 Å². The number of pyridine rings is 1. The van der Waals surface area contributed by atoms with Crippen molar-refractivity contribution in [3.05, 3.63) is 42.1 Å². The van der Waals surface area contributed by atoms with Crippen LogP contribution in [0.4, 0.5) is 0 Å². The highest BCUT2D eigenvalue weighted by molar-refractivity contribution is 5.78. The molecule has 0 atom stereocenters. The summed E-state index contributed by atoms with van der Waals surface area (Å²) in [6.45, 7) is 1.55. The summed E-state index contributed by atoms with van der Waals surface area (Å²) in [5, 5.41) is 1.08. The van der Waals surface area contributed by atoms with E-state index < -0.39 is 0 Å². The lowest BCUT2D eigenvalue weighted by atomic mass is 10.2.